The molecule has 2 rings (SSSR count). The van der Waals surface area contributed by atoms with Gasteiger partial charge < -0.3 is 10.6 Å². The minimum Gasteiger partial charge on any atom is -0.334 e. The molecule has 3 heteroatoms. The van der Waals surface area contributed by atoms with Gasteiger partial charge in [0, 0.05) is 6.54 Å². The average Bonchev–Trinajstić information content (AvgIpc) is 2.72. The molecule has 0 aliphatic carbocycles. The zero-order valence-corrected chi connectivity index (χ0v) is 13.3. The summed E-state index contributed by atoms with van der Waals surface area (Å²) in [5.74, 6) is 0.130. The van der Waals surface area contributed by atoms with Gasteiger partial charge in [-0.3, -0.25) is 4.79 Å². The Morgan fingerprint density at radius 1 is 1.38 bits per heavy atom. The summed E-state index contributed by atoms with van der Waals surface area (Å²) in [5, 5.41) is 0. The largest absolute Gasteiger partial charge is 0.334 e. The maximum atomic E-state index is 12.7. The Morgan fingerprint density at radius 2 is 2.19 bits per heavy atom. The molecule has 21 heavy (non-hydrogen) atoms. The number of hydrogen-bond acceptors (Lipinski definition) is 2. The molecule has 2 N–H and O–H groups in total. The summed E-state index contributed by atoms with van der Waals surface area (Å²) in [5.41, 5.74) is 8.60. The van der Waals surface area contributed by atoms with Crippen molar-refractivity contribution in [1.29, 1.82) is 0 Å². The van der Waals surface area contributed by atoms with E-state index in [4.69, 9.17) is 5.73 Å². The maximum absolute atomic E-state index is 12.7. The van der Waals surface area contributed by atoms with Crippen LogP contribution < -0.4 is 5.73 Å². The summed E-state index contributed by atoms with van der Waals surface area (Å²) in [6.45, 7) is 5.03. The van der Waals surface area contributed by atoms with Crippen molar-refractivity contribution in [3.8, 4) is 0 Å². The van der Waals surface area contributed by atoms with Gasteiger partial charge in [-0.15, -0.1) is 0 Å². The number of nitrogens with zero attached hydrogens (tertiary/aromatic N) is 1. The number of aryl methyl sites for hydroxylation is 1. The van der Waals surface area contributed by atoms with Crippen LogP contribution in [-0.2, 0) is 4.79 Å². The molecule has 1 aliphatic rings. The molecule has 2 unspecified atom stereocenters. The van der Waals surface area contributed by atoms with E-state index in [1.165, 1.54) is 24.0 Å². The maximum Gasteiger partial charge on any atom is 0.239 e. The second kappa shape index (κ2) is 7.60. The van der Waals surface area contributed by atoms with Crippen LogP contribution in [0.2, 0.25) is 0 Å². The lowest BCUT2D eigenvalue weighted by Crippen LogP contribution is -2.45. The lowest BCUT2D eigenvalue weighted by molar-refractivity contribution is -0.135. The third-order valence-electron chi connectivity index (χ3n) is 4.38. The molecule has 1 aliphatic heterocycles. The predicted molar refractivity (Wildman–Crippen MR) is 87.0 cm³/mol. The number of carbonyl (C=O) groups is 1. The summed E-state index contributed by atoms with van der Waals surface area (Å²) >= 11 is 0. The van der Waals surface area contributed by atoms with Crippen LogP contribution in [0.4, 0.5) is 0 Å². The highest BCUT2D eigenvalue weighted by molar-refractivity contribution is 5.82. The van der Waals surface area contributed by atoms with E-state index in [9.17, 15) is 4.79 Å². The van der Waals surface area contributed by atoms with Crippen LogP contribution in [0.25, 0.3) is 0 Å². The molecule has 2 atom stereocenters. The summed E-state index contributed by atoms with van der Waals surface area (Å²) in [4.78, 5) is 14.8. The first-order chi connectivity index (χ1) is 10.1. The second-order valence-electron chi connectivity index (χ2n) is 6.21. The quantitative estimate of drug-likeness (QED) is 0.920. The molecule has 1 heterocycles. The Hall–Kier alpha value is -1.35. The van der Waals surface area contributed by atoms with Gasteiger partial charge in [-0.2, -0.15) is 0 Å². The second-order valence-corrected chi connectivity index (χ2v) is 6.21. The highest BCUT2D eigenvalue weighted by Gasteiger charge is 2.29. The third-order valence-corrected chi connectivity index (χ3v) is 4.38. The van der Waals surface area contributed by atoms with Crippen molar-refractivity contribution in [2.24, 2.45) is 5.73 Å². The Labute approximate surface area is 128 Å². The number of hydrogen-bond donors (Lipinski definition) is 1. The zero-order chi connectivity index (χ0) is 15.2. The number of likely N-dealkylation sites (tertiary alicyclic amines) is 1. The van der Waals surface area contributed by atoms with Crippen molar-refractivity contribution < 1.29 is 4.79 Å². The molecule has 0 radical (unpaired) electrons. The van der Waals surface area contributed by atoms with Crippen LogP contribution in [0.5, 0.6) is 0 Å². The summed E-state index contributed by atoms with van der Waals surface area (Å²) < 4.78 is 0. The Morgan fingerprint density at radius 3 is 2.90 bits per heavy atom. The van der Waals surface area contributed by atoms with E-state index in [1.54, 1.807) is 0 Å². The highest BCUT2D eigenvalue weighted by atomic mass is 16.2. The third kappa shape index (κ3) is 4.07. The lowest BCUT2D eigenvalue weighted by Gasteiger charge is -2.32. The predicted octanol–water partition coefficient (Wildman–Crippen LogP) is 3.57. The Kier molecular flexibility index (Phi) is 5.80. The average molecular weight is 288 g/mol. The molecule has 1 aromatic carbocycles. The topological polar surface area (TPSA) is 46.3 Å². The Bertz CT molecular complexity index is 472. The van der Waals surface area contributed by atoms with Crippen LogP contribution in [0.3, 0.4) is 0 Å². The fourth-order valence-corrected chi connectivity index (χ4v) is 3.24. The number of rotatable bonds is 4. The molecular formula is C18H28N2O. The van der Waals surface area contributed by atoms with Gasteiger partial charge in [0.2, 0.25) is 5.91 Å². The molecule has 0 bridgehead atoms. The molecule has 1 saturated heterocycles. The minimum absolute atomic E-state index is 0.130. The monoisotopic (exact) mass is 288 g/mol. The van der Waals surface area contributed by atoms with Crippen LogP contribution in [0, 0.1) is 6.92 Å². The van der Waals surface area contributed by atoms with Crippen molar-refractivity contribution in [2.75, 3.05) is 6.54 Å². The molecule has 1 fully saturated rings. The highest BCUT2D eigenvalue weighted by Crippen LogP contribution is 2.31. The normalized spacial score (nSPS) is 20.9. The van der Waals surface area contributed by atoms with E-state index in [0.29, 0.717) is 0 Å². The number of amides is 1. The number of nitrogens with two attached hydrogens (primary N) is 1. The van der Waals surface area contributed by atoms with E-state index in [1.807, 2.05) is 4.90 Å². The number of benzene rings is 1. The van der Waals surface area contributed by atoms with Crippen LogP contribution in [0.15, 0.2) is 24.3 Å². The summed E-state index contributed by atoms with van der Waals surface area (Å²) in [6, 6.07) is 8.40. The van der Waals surface area contributed by atoms with E-state index in [0.717, 1.165) is 32.2 Å². The van der Waals surface area contributed by atoms with Crippen molar-refractivity contribution in [1.82, 2.24) is 4.90 Å². The first-order valence-electron chi connectivity index (χ1n) is 8.26. The lowest BCUT2D eigenvalue weighted by atomic mass is 9.98. The van der Waals surface area contributed by atoms with Gasteiger partial charge in [-0.05, 0) is 31.7 Å². The fraction of sp³-hybridized carbons (Fsp3) is 0.611. The van der Waals surface area contributed by atoms with E-state index >= 15 is 0 Å². The van der Waals surface area contributed by atoms with E-state index in [-0.39, 0.29) is 18.0 Å². The van der Waals surface area contributed by atoms with Crippen molar-refractivity contribution in [3.63, 3.8) is 0 Å². The molecule has 0 spiro atoms. The summed E-state index contributed by atoms with van der Waals surface area (Å²) in [6.07, 6.45) is 6.26. The standard InChI is InChI=1S/C18H28N2O/c1-3-8-16(19)18(21)20-12-6-4-5-11-17(20)15-10-7-9-14(2)13-15/h7,9-10,13,16-17H,3-6,8,11-12,19H2,1-2H3. The van der Waals surface area contributed by atoms with Crippen molar-refractivity contribution in [3.05, 3.63) is 35.4 Å². The minimum atomic E-state index is -0.347. The molecule has 1 amide bonds. The van der Waals surface area contributed by atoms with E-state index < -0.39 is 0 Å². The zero-order valence-electron chi connectivity index (χ0n) is 13.3. The van der Waals surface area contributed by atoms with Gasteiger partial charge in [-0.1, -0.05) is 56.0 Å². The van der Waals surface area contributed by atoms with Crippen LogP contribution >= 0.6 is 0 Å². The van der Waals surface area contributed by atoms with Crippen molar-refractivity contribution in [2.45, 2.75) is 64.5 Å². The van der Waals surface area contributed by atoms with Gasteiger partial charge in [0.1, 0.15) is 0 Å². The van der Waals surface area contributed by atoms with Crippen LogP contribution in [-0.4, -0.2) is 23.4 Å². The van der Waals surface area contributed by atoms with Gasteiger partial charge >= 0.3 is 0 Å². The molecule has 0 saturated carbocycles. The van der Waals surface area contributed by atoms with Crippen molar-refractivity contribution >= 4 is 5.91 Å². The summed E-state index contributed by atoms with van der Waals surface area (Å²) in [7, 11) is 0. The van der Waals surface area contributed by atoms with E-state index in [2.05, 4.69) is 38.1 Å². The molecule has 3 nitrogen and oxygen atoms in total. The SMILES string of the molecule is CCCC(N)C(=O)N1CCCCCC1c1cccc(C)c1. The Balaban J connectivity index is 2.23. The van der Waals surface area contributed by atoms with Gasteiger partial charge in [-0.25, -0.2) is 0 Å². The fourth-order valence-electron chi connectivity index (χ4n) is 3.24. The smallest absolute Gasteiger partial charge is 0.239 e. The van der Waals surface area contributed by atoms with Crippen LogP contribution in [0.1, 0.15) is 62.6 Å². The molecule has 1 aromatic rings. The molecular weight excluding hydrogens is 260 g/mol. The molecule has 116 valence electrons. The number of carbonyl (C=O) groups excluding carboxylic acids is 1. The van der Waals surface area contributed by atoms with Gasteiger partial charge in [0.15, 0.2) is 0 Å². The first kappa shape index (κ1) is 16.0. The first-order valence-corrected chi connectivity index (χ1v) is 8.26. The van der Waals surface area contributed by atoms with Gasteiger partial charge in [0.05, 0.1) is 12.1 Å². The van der Waals surface area contributed by atoms with Gasteiger partial charge in [0.25, 0.3) is 0 Å². The molecule has 0 aromatic heterocycles.